The lowest BCUT2D eigenvalue weighted by molar-refractivity contribution is -0.274. The van der Waals surface area contributed by atoms with Crippen molar-refractivity contribution in [2.24, 2.45) is 0 Å². The van der Waals surface area contributed by atoms with E-state index in [0.717, 1.165) is 20.9 Å². The molecule has 2 N–H and O–H groups in total. The number of alkyl halides is 3. The summed E-state index contributed by atoms with van der Waals surface area (Å²) in [4.78, 5) is 4.28. The van der Waals surface area contributed by atoms with Gasteiger partial charge in [0.05, 0.1) is 0 Å². The maximum Gasteiger partial charge on any atom is 0.573 e. The second-order valence-corrected chi connectivity index (χ2v) is 7.79. The van der Waals surface area contributed by atoms with Crippen LogP contribution < -0.4 is 10.2 Å². The Balaban J connectivity index is 1.58. The summed E-state index contributed by atoms with van der Waals surface area (Å²) in [6, 6.07) is 17.0. The highest BCUT2D eigenvalue weighted by Gasteiger charge is 2.30. The third-order valence-electron chi connectivity index (χ3n) is 4.19. The molecule has 0 fully saturated rings. The number of thiophene rings is 1. The van der Waals surface area contributed by atoms with Crippen molar-refractivity contribution in [3.05, 3.63) is 71.1 Å². The van der Waals surface area contributed by atoms with Crippen LogP contribution in [0.25, 0.3) is 10.4 Å². The average Bonchev–Trinajstić information content (AvgIpc) is 3.10. The first-order valence-corrected chi connectivity index (χ1v) is 9.60. The van der Waals surface area contributed by atoms with Gasteiger partial charge in [0.1, 0.15) is 5.75 Å². The molecule has 3 rings (SSSR count). The van der Waals surface area contributed by atoms with Crippen LogP contribution in [-0.4, -0.2) is 35.5 Å². The second kappa shape index (κ2) is 9.00. The highest BCUT2D eigenvalue weighted by molar-refractivity contribution is 7.15. The van der Waals surface area contributed by atoms with E-state index in [0.29, 0.717) is 18.6 Å². The quantitative estimate of drug-likeness (QED) is 0.573. The standard InChI is InChI=1S/C20H19BF3NO3S/c1-25(12-14-2-8-17(9-3-14)28-20(22,23)24)13-18-10-11-19(29-18)15-4-6-16(7-5-15)21(26)27/h2-11,26-27H,12-13H2,1H3. The van der Waals surface area contributed by atoms with E-state index in [1.54, 1.807) is 35.6 Å². The lowest BCUT2D eigenvalue weighted by Crippen LogP contribution is -2.29. The minimum atomic E-state index is -4.69. The molecule has 0 spiro atoms. The summed E-state index contributed by atoms with van der Waals surface area (Å²) in [7, 11) is 0.461. The summed E-state index contributed by atoms with van der Waals surface area (Å²) in [5.74, 6) is -0.230. The van der Waals surface area contributed by atoms with Gasteiger partial charge in [-0.25, -0.2) is 0 Å². The topological polar surface area (TPSA) is 52.9 Å². The fourth-order valence-electron chi connectivity index (χ4n) is 2.87. The number of hydrogen-bond acceptors (Lipinski definition) is 5. The smallest absolute Gasteiger partial charge is 0.423 e. The highest BCUT2D eigenvalue weighted by Crippen LogP contribution is 2.29. The molecule has 0 saturated heterocycles. The molecule has 9 heteroatoms. The maximum atomic E-state index is 12.2. The van der Waals surface area contributed by atoms with E-state index in [9.17, 15) is 23.2 Å². The molecule has 0 aliphatic rings. The van der Waals surface area contributed by atoms with E-state index in [1.807, 2.05) is 31.3 Å². The van der Waals surface area contributed by atoms with Crippen molar-refractivity contribution in [1.29, 1.82) is 0 Å². The molecule has 0 aliphatic heterocycles. The summed E-state index contributed by atoms with van der Waals surface area (Å²) >= 11 is 1.64. The number of benzene rings is 2. The number of ether oxygens (including phenoxy) is 1. The van der Waals surface area contributed by atoms with Gasteiger partial charge in [0.2, 0.25) is 0 Å². The zero-order chi connectivity index (χ0) is 21.0. The Bertz CT molecular complexity index is 927. The van der Waals surface area contributed by atoms with Crippen LogP contribution in [0, 0.1) is 0 Å². The second-order valence-electron chi connectivity index (χ2n) is 6.63. The van der Waals surface area contributed by atoms with Crippen molar-refractivity contribution in [2.75, 3.05) is 7.05 Å². The molecule has 2 aromatic carbocycles. The molecule has 3 aromatic rings. The van der Waals surface area contributed by atoms with Crippen LogP contribution in [-0.2, 0) is 13.1 Å². The molecule has 1 heterocycles. The van der Waals surface area contributed by atoms with Gasteiger partial charge in [0, 0.05) is 22.8 Å². The predicted octanol–water partition coefficient (Wildman–Crippen LogP) is 3.63. The van der Waals surface area contributed by atoms with Crippen molar-refractivity contribution in [1.82, 2.24) is 4.90 Å². The van der Waals surface area contributed by atoms with Gasteiger partial charge >= 0.3 is 13.5 Å². The SMILES string of the molecule is CN(Cc1ccc(OC(F)(F)F)cc1)Cc1ccc(-c2ccc(B(O)O)cc2)s1. The third-order valence-corrected chi connectivity index (χ3v) is 5.31. The molecular weight excluding hydrogens is 402 g/mol. The Hall–Kier alpha value is -2.33. The van der Waals surface area contributed by atoms with E-state index < -0.39 is 13.5 Å². The van der Waals surface area contributed by atoms with Gasteiger partial charge in [-0.2, -0.15) is 0 Å². The Morgan fingerprint density at radius 2 is 1.59 bits per heavy atom. The fourth-order valence-corrected chi connectivity index (χ4v) is 3.96. The summed E-state index contributed by atoms with van der Waals surface area (Å²) in [5, 5.41) is 18.3. The normalized spacial score (nSPS) is 11.7. The first-order valence-electron chi connectivity index (χ1n) is 8.78. The van der Waals surface area contributed by atoms with E-state index in [1.165, 1.54) is 12.1 Å². The minimum Gasteiger partial charge on any atom is -0.423 e. The van der Waals surface area contributed by atoms with Gasteiger partial charge in [0.15, 0.2) is 0 Å². The van der Waals surface area contributed by atoms with Crippen LogP contribution in [0.4, 0.5) is 13.2 Å². The van der Waals surface area contributed by atoms with Gasteiger partial charge in [-0.1, -0.05) is 36.4 Å². The lowest BCUT2D eigenvalue weighted by atomic mass is 9.80. The van der Waals surface area contributed by atoms with Gasteiger partial charge in [-0.15, -0.1) is 24.5 Å². The van der Waals surface area contributed by atoms with Crippen LogP contribution in [0.2, 0.25) is 0 Å². The zero-order valence-electron chi connectivity index (χ0n) is 15.6. The molecule has 0 amide bonds. The van der Waals surface area contributed by atoms with Gasteiger partial charge in [-0.3, -0.25) is 4.90 Å². The Kier molecular flexibility index (Phi) is 6.64. The molecular formula is C20H19BF3NO3S. The van der Waals surface area contributed by atoms with Gasteiger partial charge in [-0.05, 0) is 47.9 Å². The number of halogens is 3. The Morgan fingerprint density at radius 3 is 2.17 bits per heavy atom. The molecule has 0 saturated carbocycles. The van der Waals surface area contributed by atoms with Crippen molar-refractivity contribution < 1.29 is 28.0 Å². The molecule has 152 valence electrons. The molecule has 1 aromatic heterocycles. The summed E-state index contributed by atoms with van der Waals surface area (Å²) in [6.07, 6.45) is -4.69. The van der Waals surface area contributed by atoms with Crippen LogP contribution in [0.3, 0.4) is 0 Å². The summed E-state index contributed by atoms with van der Waals surface area (Å²) in [5.41, 5.74) is 2.32. The maximum absolute atomic E-state index is 12.2. The van der Waals surface area contributed by atoms with E-state index in [4.69, 9.17) is 0 Å². The highest BCUT2D eigenvalue weighted by atomic mass is 32.1. The van der Waals surface area contributed by atoms with Gasteiger partial charge < -0.3 is 14.8 Å². The Morgan fingerprint density at radius 1 is 0.931 bits per heavy atom. The van der Waals surface area contributed by atoms with E-state index >= 15 is 0 Å². The summed E-state index contributed by atoms with van der Waals surface area (Å²) < 4.78 is 40.6. The fraction of sp³-hybridized carbons (Fsp3) is 0.200. The van der Waals surface area contributed by atoms with Crippen molar-refractivity contribution in [3.8, 4) is 16.2 Å². The first-order chi connectivity index (χ1) is 13.7. The largest absolute Gasteiger partial charge is 0.573 e. The Labute approximate surface area is 170 Å². The molecule has 29 heavy (non-hydrogen) atoms. The molecule has 0 unspecified atom stereocenters. The molecule has 0 radical (unpaired) electrons. The van der Waals surface area contributed by atoms with E-state index in [-0.39, 0.29) is 5.75 Å². The number of hydrogen-bond donors (Lipinski definition) is 2. The minimum absolute atomic E-state index is 0.230. The number of nitrogens with zero attached hydrogens (tertiary/aromatic N) is 1. The molecule has 0 atom stereocenters. The van der Waals surface area contributed by atoms with Crippen molar-refractivity contribution in [2.45, 2.75) is 19.5 Å². The van der Waals surface area contributed by atoms with Crippen LogP contribution in [0.5, 0.6) is 5.75 Å². The van der Waals surface area contributed by atoms with Crippen LogP contribution >= 0.6 is 11.3 Å². The predicted molar refractivity (Wildman–Crippen MR) is 108 cm³/mol. The van der Waals surface area contributed by atoms with Crippen LogP contribution in [0.15, 0.2) is 60.7 Å². The lowest BCUT2D eigenvalue weighted by Gasteiger charge is -2.16. The number of rotatable bonds is 7. The average molecular weight is 421 g/mol. The third kappa shape index (κ3) is 6.33. The van der Waals surface area contributed by atoms with E-state index in [2.05, 4.69) is 9.64 Å². The monoisotopic (exact) mass is 421 g/mol. The van der Waals surface area contributed by atoms with Crippen LogP contribution in [0.1, 0.15) is 10.4 Å². The summed E-state index contributed by atoms with van der Waals surface area (Å²) in [6.45, 7) is 1.28. The van der Waals surface area contributed by atoms with Crippen molar-refractivity contribution in [3.63, 3.8) is 0 Å². The molecule has 4 nitrogen and oxygen atoms in total. The molecule has 0 aliphatic carbocycles. The van der Waals surface area contributed by atoms with Gasteiger partial charge in [0.25, 0.3) is 0 Å². The van der Waals surface area contributed by atoms with Crippen molar-refractivity contribution >= 4 is 23.9 Å². The molecule has 0 bridgehead atoms. The first kappa shape index (κ1) is 21.4. The zero-order valence-corrected chi connectivity index (χ0v) is 16.4.